The van der Waals surface area contributed by atoms with E-state index in [2.05, 4.69) is 0 Å². The van der Waals surface area contributed by atoms with Crippen LogP contribution >= 0.6 is 11.6 Å². The zero-order valence-corrected chi connectivity index (χ0v) is 11.8. The topological polar surface area (TPSA) is 143 Å². The van der Waals surface area contributed by atoms with Crippen LogP contribution in [0.4, 0.5) is 5.69 Å². The summed E-state index contributed by atoms with van der Waals surface area (Å²) in [6, 6.07) is 3.41. The van der Waals surface area contributed by atoms with E-state index in [1.54, 1.807) is 0 Å². The van der Waals surface area contributed by atoms with Crippen molar-refractivity contribution in [2.24, 2.45) is 0 Å². The summed E-state index contributed by atoms with van der Waals surface area (Å²) in [6.45, 7) is -0.598. The Morgan fingerprint density at radius 3 is 2.50 bits per heavy atom. The highest BCUT2D eigenvalue weighted by Crippen LogP contribution is 2.31. The summed E-state index contributed by atoms with van der Waals surface area (Å²) in [5.41, 5.74) is -0.244. The number of ether oxygens (including phenoxy) is 2. The molecule has 1 aromatic rings. The van der Waals surface area contributed by atoms with E-state index < -0.39 is 42.2 Å². The van der Waals surface area contributed by atoms with Gasteiger partial charge in [0.15, 0.2) is 0 Å². The van der Waals surface area contributed by atoms with E-state index in [-0.39, 0.29) is 16.5 Å². The molecule has 0 bridgehead atoms. The highest BCUT2D eigenvalue weighted by molar-refractivity contribution is 6.32. The summed E-state index contributed by atoms with van der Waals surface area (Å²) in [5.74, 6) is -0.0170. The van der Waals surface area contributed by atoms with Gasteiger partial charge in [0.05, 0.1) is 16.6 Å². The van der Waals surface area contributed by atoms with Crippen LogP contribution < -0.4 is 4.74 Å². The predicted molar refractivity (Wildman–Crippen MR) is 72.5 cm³/mol. The van der Waals surface area contributed by atoms with Crippen LogP contribution in [0, 0.1) is 10.1 Å². The maximum absolute atomic E-state index is 10.6. The van der Waals surface area contributed by atoms with Gasteiger partial charge in [0.25, 0.3) is 5.69 Å². The quantitative estimate of drug-likeness (QED) is 0.423. The Morgan fingerprint density at radius 1 is 1.27 bits per heavy atom. The Hall–Kier alpha value is -1.49. The Kier molecular flexibility index (Phi) is 5.16. The fourth-order valence-corrected chi connectivity index (χ4v) is 2.21. The minimum Gasteiger partial charge on any atom is -0.460 e. The van der Waals surface area contributed by atoms with Gasteiger partial charge in [-0.05, 0) is 6.07 Å². The van der Waals surface area contributed by atoms with Gasteiger partial charge in [0, 0.05) is 12.1 Å². The molecule has 2 rings (SSSR count). The number of nitro groups is 1. The number of halogens is 1. The van der Waals surface area contributed by atoms with E-state index >= 15 is 0 Å². The van der Waals surface area contributed by atoms with Crippen LogP contribution in [0.2, 0.25) is 5.02 Å². The third-order valence-electron chi connectivity index (χ3n) is 3.22. The lowest BCUT2D eigenvalue weighted by atomic mass is 9.99. The fourth-order valence-electron chi connectivity index (χ4n) is 1.99. The second kappa shape index (κ2) is 6.73. The van der Waals surface area contributed by atoms with Gasteiger partial charge in [-0.1, -0.05) is 11.6 Å². The first-order chi connectivity index (χ1) is 10.3. The van der Waals surface area contributed by atoms with E-state index in [0.29, 0.717) is 0 Å². The summed E-state index contributed by atoms with van der Waals surface area (Å²) < 4.78 is 10.4. The van der Waals surface area contributed by atoms with Crippen LogP contribution in [0.5, 0.6) is 5.75 Å². The van der Waals surface area contributed by atoms with Crippen LogP contribution in [-0.4, -0.2) is 62.7 Å². The zero-order chi connectivity index (χ0) is 16.4. The molecule has 10 heteroatoms. The molecule has 1 aliphatic heterocycles. The van der Waals surface area contributed by atoms with Crippen molar-refractivity contribution in [1.82, 2.24) is 0 Å². The predicted octanol–water partition coefficient (Wildman–Crippen LogP) is -0.573. The number of hydrogen-bond donors (Lipinski definition) is 4. The lowest BCUT2D eigenvalue weighted by molar-refractivity contribution is -0.384. The maximum atomic E-state index is 10.6. The Bertz CT molecular complexity index is 554. The van der Waals surface area contributed by atoms with Crippen molar-refractivity contribution < 1.29 is 34.8 Å². The maximum Gasteiger partial charge on any atom is 0.271 e. The number of nitro benzene ring substituents is 1. The second-order valence-electron chi connectivity index (χ2n) is 4.69. The molecule has 1 saturated heterocycles. The normalized spacial score (nSPS) is 31.8. The molecule has 0 saturated carbocycles. The van der Waals surface area contributed by atoms with Crippen molar-refractivity contribution in [3.05, 3.63) is 33.3 Å². The molecule has 1 aliphatic rings. The molecule has 1 aromatic carbocycles. The van der Waals surface area contributed by atoms with Gasteiger partial charge in [0.2, 0.25) is 6.29 Å². The number of aliphatic hydroxyl groups is 4. The number of nitrogens with zero attached hydrogens (tertiary/aromatic N) is 1. The first kappa shape index (κ1) is 16.9. The third-order valence-corrected chi connectivity index (χ3v) is 3.51. The summed E-state index contributed by atoms with van der Waals surface area (Å²) >= 11 is 5.85. The van der Waals surface area contributed by atoms with Crippen LogP contribution in [-0.2, 0) is 4.74 Å². The van der Waals surface area contributed by atoms with E-state index in [1.807, 2.05) is 0 Å². The van der Waals surface area contributed by atoms with Gasteiger partial charge in [-0.3, -0.25) is 10.1 Å². The van der Waals surface area contributed by atoms with Crippen molar-refractivity contribution in [3.63, 3.8) is 0 Å². The molecule has 9 nitrogen and oxygen atoms in total. The lowest BCUT2D eigenvalue weighted by Crippen LogP contribution is -2.60. The summed E-state index contributed by atoms with van der Waals surface area (Å²) in [6.07, 6.45) is -7.22. The molecule has 1 fully saturated rings. The zero-order valence-electron chi connectivity index (χ0n) is 11.1. The van der Waals surface area contributed by atoms with Crippen molar-refractivity contribution in [2.75, 3.05) is 6.61 Å². The summed E-state index contributed by atoms with van der Waals surface area (Å²) in [7, 11) is 0. The molecular formula is C12H14ClNO8. The molecule has 0 amide bonds. The Morgan fingerprint density at radius 2 is 1.95 bits per heavy atom. The number of benzene rings is 1. The number of non-ortho nitro benzene ring substituents is 1. The third kappa shape index (κ3) is 3.29. The number of hydrogen-bond acceptors (Lipinski definition) is 8. The first-order valence-corrected chi connectivity index (χ1v) is 6.64. The van der Waals surface area contributed by atoms with Crippen LogP contribution in [0.1, 0.15) is 0 Å². The second-order valence-corrected chi connectivity index (χ2v) is 5.09. The number of aliphatic hydroxyl groups excluding tert-OH is 4. The minimum absolute atomic E-state index is 0.0170. The standard InChI is InChI=1S/C12H14ClNO8/c13-6-3-5(14(19)20)1-2-7(6)21-12-11(18)10(17)9(16)8(4-15)22-12/h1-3,8-12,15-18H,4H2/t8-,9+,10-,11-,12-/m0/s1. The van der Waals surface area contributed by atoms with Crippen LogP contribution in [0.25, 0.3) is 0 Å². The molecule has 0 radical (unpaired) electrons. The van der Waals surface area contributed by atoms with Crippen molar-refractivity contribution in [2.45, 2.75) is 30.7 Å². The molecule has 22 heavy (non-hydrogen) atoms. The van der Waals surface area contributed by atoms with Gasteiger partial charge in [-0.2, -0.15) is 0 Å². The van der Waals surface area contributed by atoms with E-state index in [1.165, 1.54) is 6.07 Å². The monoisotopic (exact) mass is 335 g/mol. The first-order valence-electron chi connectivity index (χ1n) is 6.26. The van der Waals surface area contributed by atoms with E-state index in [9.17, 15) is 25.4 Å². The smallest absolute Gasteiger partial charge is 0.271 e. The number of rotatable bonds is 4. The highest BCUT2D eigenvalue weighted by atomic mass is 35.5. The van der Waals surface area contributed by atoms with Gasteiger partial charge < -0.3 is 29.9 Å². The van der Waals surface area contributed by atoms with Gasteiger partial charge in [-0.25, -0.2) is 0 Å². The lowest BCUT2D eigenvalue weighted by Gasteiger charge is -2.39. The molecule has 1 heterocycles. The summed E-state index contributed by atoms with van der Waals surface area (Å²) in [5, 5.41) is 48.7. The fraction of sp³-hybridized carbons (Fsp3) is 0.500. The Balaban J connectivity index is 2.17. The molecule has 0 unspecified atom stereocenters. The van der Waals surface area contributed by atoms with Crippen molar-refractivity contribution in [3.8, 4) is 5.75 Å². The average Bonchev–Trinajstić information content (AvgIpc) is 2.49. The molecule has 5 atom stereocenters. The summed E-state index contributed by atoms with van der Waals surface area (Å²) in [4.78, 5) is 9.98. The molecular weight excluding hydrogens is 322 g/mol. The average molecular weight is 336 g/mol. The SMILES string of the molecule is O=[N+]([O-])c1ccc(O[C@H]2O[C@@H](CO)[C@@H](O)[C@H](O)[C@@H]2O)c(Cl)c1. The molecule has 0 spiro atoms. The molecule has 122 valence electrons. The molecule has 0 aliphatic carbocycles. The van der Waals surface area contributed by atoms with Gasteiger partial charge in [-0.15, -0.1) is 0 Å². The van der Waals surface area contributed by atoms with Gasteiger partial charge >= 0.3 is 0 Å². The highest BCUT2D eigenvalue weighted by Gasteiger charge is 2.44. The van der Waals surface area contributed by atoms with Crippen LogP contribution in [0.15, 0.2) is 18.2 Å². The largest absolute Gasteiger partial charge is 0.460 e. The van der Waals surface area contributed by atoms with Crippen molar-refractivity contribution in [1.29, 1.82) is 0 Å². The van der Waals surface area contributed by atoms with Crippen molar-refractivity contribution >= 4 is 17.3 Å². The Labute approximate surface area is 129 Å². The molecule has 4 N–H and O–H groups in total. The minimum atomic E-state index is -1.59. The van der Waals surface area contributed by atoms with E-state index in [4.69, 9.17) is 26.2 Å². The van der Waals surface area contributed by atoms with Gasteiger partial charge in [0.1, 0.15) is 30.2 Å². The van der Waals surface area contributed by atoms with E-state index in [0.717, 1.165) is 12.1 Å². The molecule has 0 aromatic heterocycles. The van der Waals surface area contributed by atoms with Crippen LogP contribution in [0.3, 0.4) is 0 Å².